The second kappa shape index (κ2) is 9.12. The first-order chi connectivity index (χ1) is 13.5. The van der Waals surface area contributed by atoms with Crippen LogP contribution in [0.4, 0.5) is 13.6 Å². The van der Waals surface area contributed by atoms with Crippen molar-refractivity contribution in [3.8, 4) is 23.0 Å². The van der Waals surface area contributed by atoms with Gasteiger partial charge in [0.2, 0.25) is 6.79 Å². The first-order valence-electron chi connectivity index (χ1n) is 8.57. The lowest BCUT2D eigenvalue weighted by Crippen LogP contribution is -2.36. The molecule has 28 heavy (non-hydrogen) atoms. The predicted molar refractivity (Wildman–Crippen MR) is 96.1 cm³/mol. The number of urea groups is 1. The van der Waals surface area contributed by atoms with Crippen LogP contribution in [0.1, 0.15) is 11.1 Å². The van der Waals surface area contributed by atoms with Crippen LogP contribution < -0.4 is 29.6 Å². The average molecular weight is 394 g/mol. The first-order valence-corrected chi connectivity index (χ1v) is 8.57. The highest BCUT2D eigenvalue weighted by Crippen LogP contribution is 2.32. The lowest BCUT2D eigenvalue weighted by atomic mass is 10.1. The summed E-state index contributed by atoms with van der Waals surface area (Å²) in [5.41, 5.74) is 1.70. The maximum Gasteiger partial charge on any atom is 0.387 e. The van der Waals surface area contributed by atoms with Gasteiger partial charge in [0.25, 0.3) is 0 Å². The van der Waals surface area contributed by atoms with Crippen molar-refractivity contribution in [1.29, 1.82) is 0 Å². The molecule has 0 saturated heterocycles. The summed E-state index contributed by atoms with van der Waals surface area (Å²) in [4.78, 5) is 11.9. The zero-order valence-electron chi connectivity index (χ0n) is 15.2. The fourth-order valence-corrected chi connectivity index (χ4v) is 2.68. The maximum absolute atomic E-state index is 12.3. The van der Waals surface area contributed by atoms with Crippen molar-refractivity contribution in [1.82, 2.24) is 10.6 Å². The van der Waals surface area contributed by atoms with Gasteiger partial charge >= 0.3 is 12.6 Å². The van der Waals surface area contributed by atoms with Crippen LogP contribution in [0.25, 0.3) is 0 Å². The van der Waals surface area contributed by atoms with Crippen LogP contribution in [-0.2, 0) is 13.0 Å². The van der Waals surface area contributed by atoms with Crippen LogP contribution in [0, 0.1) is 0 Å². The number of hydrogen-bond acceptors (Lipinski definition) is 5. The fraction of sp³-hybridized carbons (Fsp3) is 0.316. The van der Waals surface area contributed by atoms with E-state index in [0.717, 1.165) is 11.1 Å². The number of ether oxygens (including phenoxy) is 4. The summed E-state index contributed by atoms with van der Waals surface area (Å²) in [7, 11) is 1.37. The molecular formula is C19H20F2N2O5. The van der Waals surface area contributed by atoms with Crippen molar-refractivity contribution in [3.63, 3.8) is 0 Å². The molecule has 0 aromatic heterocycles. The molecule has 0 atom stereocenters. The quantitative estimate of drug-likeness (QED) is 0.720. The Bertz CT molecular complexity index is 832. The Labute approximate surface area is 160 Å². The number of rotatable bonds is 8. The van der Waals surface area contributed by atoms with Gasteiger partial charge < -0.3 is 29.6 Å². The number of benzene rings is 2. The third-order valence-corrected chi connectivity index (χ3v) is 4.03. The molecule has 2 aromatic rings. The van der Waals surface area contributed by atoms with Crippen LogP contribution in [0.5, 0.6) is 23.0 Å². The summed E-state index contributed by atoms with van der Waals surface area (Å²) >= 11 is 0. The second-order valence-electron chi connectivity index (χ2n) is 5.91. The Morgan fingerprint density at radius 1 is 1.07 bits per heavy atom. The number of nitrogens with one attached hydrogen (secondary N) is 2. The lowest BCUT2D eigenvalue weighted by Gasteiger charge is -2.12. The predicted octanol–water partition coefficient (Wildman–Crippen LogP) is 3.07. The minimum absolute atomic E-state index is 0.0318. The number of halogens is 2. The van der Waals surface area contributed by atoms with Crippen molar-refractivity contribution in [2.75, 3.05) is 20.4 Å². The highest BCUT2D eigenvalue weighted by Gasteiger charge is 2.14. The Morgan fingerprint density at radius 2 is 1.86 bits per heavy atom. The molecule has 9 heteroatoms. The number of methoxy groups -OCH3 is 1. The van der Waals surface area contributed by atoms with E-state index in [9.17, 15) is 13.6 Å². The smallest absolute Gasteiger partial charge is 0.387 e. The van der Waals surface area contributed by atoms with E-state index in [2.05, 4.69) is 15.4 Å². The van der Waals surface area contributed by atoms with Gasteiger partial charge in [-0.25, -0.2) is 4.79 Å². The van der Waals surface area contributed by atoms with Gasteiger partial charge in [-0.2, -0.15) is 8.78 Å². The minimum atomic E-state index is -2.92. The van der Waals surface area contributed by atoms with Crippen LogP contribution in [0.3, 0.4) is 0 Å². The molecule has 2 aromatic carbocycles. The second-order valence-corrected chi connectivity index (χ2v) is 5.91. The minimum Gasteiger partial charge on any atom is -0.493 e. The zero-order valence-corrected chi connectivity index (χ0v) is 15.2. The molecule has 1 aliphatic heterocycles. The third kappa shape index (κ3) is 5.15. The van der Waals surface area contributed by atoms with Gasteiger partial charge in [0.15, 0.2) is 23.0 Å². The summed E-state index contributed by atoms with van der Waals surface area (Å²) in [6, 6.07) is 9.81. The van der Waals surface area contributed by atoms with Gasteiger partial charge in [0, 0.05) is 13.1 Å². The molecule has 3 rings (SSSR count). The Hall–Kier alpha value is -3.23. The molecule has 0 radical (unpaired) electrons. The molecule has 0 aliphatic carbocycles. The summed E-state index contributed by atoms with van der Waals surface area (Å²) in [6.07, 6.45) is 0.503. The molecule has 7 nitrogen and oxygen atoms in total. The normalized spacial score (nSPS) is 12.0. The molecule has 0 bridgehead atoms. The van der Waals surface area contributed by atoms with E-state index in [0.29, 0.717) is 31.0 Å². The number of amides is 2. The Balaban J connectivity index is 1.43. The van der Waals surface area contributed by atoms with Crippen LogP contribution in [0.15, 0.2) is 36.4 Å². The average Bonchev–Trinajstić information content (AvgIpc) is 3.15. The third-order valence-electron chi connectivity index (χ3n) is 4.03. The number of carbonyl (C=O) groups excluding carboxylic acids is 1. The molecule has 1 aliphatic rings. The topological polar surface area (TPSA) is 78.1 Å². The first kappa shape index (κ1) is 19.5. The van der Waals surface area contributed by atoms with Gasteiger partial charge in [-0.3, -0.25) is 0 Å². The number of alkyl halides is 2. The molecule has 0 unspecified atom stereocenters. The SMILES string of the molecule is COc1cc(CCNC(=O)NCc2ccc3c(c2)OCO3)ccc1OC(F)F. The Kier molecular flexibility index (Phi) is 6.36. The standard InChI is InChI=1S/C19H20F2N2O5/c1-25-16-8-12(2-5-15(16)28-18(20)21)6-7-22-19(24)23-10-13-3-4-14-17(9-13)27-11-26-14/h2-5,8-9,18H,6-7,10-11H2,1H3,(H2,22,23,24). The molecule has 0 spiro atoms. The summed E-state index contributed by atoms with van der Waals surface area (Å²) in [6.45, 7) is -2.01. The van der Waals surface area contributed by atoms with E-state index < -0.39 is 6.61 Å². The van der Waals surface area contributed by atoms with Crippen molar-refractivity contribution in [2.24, 2.45) is 0 Å². The monoisotopic (exact) mass is 394 g/mol. The van der Waals surface area contributed by atoms with Gasteiger partial charge in [0.1, 0.15) is 0 Å². The van der Waals surface area contributed by atoms with Crippen LogP contribution >= 0.6 is 0 Å². The van der Waals surface area contributed by atoms with Gasteiger partial charge in [-0.1, -0.05) is 12.1 Å². The van der Waals surface area contributed by atoms with Crippen molar-refractivity contribution in [3.05, 3.63) is 47.5 Å². The van der Waals surface area contributed by atoms with Crippen molar-refractivity contribution in [2.45, 2.75) is 19.6 Å². The number of carbonyl (C=O) groups is 1. The number of hydrogen-bond donors (Lipinski definition) is 2. The molecule has 150 valence electrons. The summed E-state index contributed by atoms with van der Waals surface area (Å²) in [5.74, 6) is 1.53. The van der Waals surface area contributed by atoms with Gasteiger partial charge in [0.05, 0.1) is 7.11 Å². The van der Waals surface area contributed by atoms with Crippen LogP contribution in [0.2, 0.25) is 0 Å². The maximum atomic E-state index is 12.3. The van der Waals surface area contributed by atoms with Gasteiger partial charge in [-0.05, 0) is 41.8 Å². The number of fused-ring (bicyclic) bond motifs is 1. The summed E-state index contributed by atoms with van der Waals surface area (Å²) in [5, 5.41) is 5.50. The van der Waals surface area contributed by atoms with E-state index >= 15 is 0 Å². The lowest BCUT2D eigenvalue weighted by molar-refractivity contribution is -0.0512. The largest absolute Gasteiger partial charge is 0.493 e. The molecule has 0 fully saturated rings. The van der Waals surface area contributed by atoms with E-state index in [4.69, 9.17) is 14.2 Å². The van der Waals surface area contributed by atoms with E-state index in [1.165, 1.54) is 13.2 Å². The van der Waals surface area contributed by atoms with Crippen molar-refractivity contribution < 1.29 is 32.5 Å². The van der Waals surface area contributed by atoms with Gasteiger partial charge in [-0.15, -0.1) is 0 Å². The Morgan fingerprint density at radius 3 is 2.64 bits per heavy atom. The van der Waals surface area contributed by atoms with E-state index in [1.54, 1.807) is 18.2 Å². The molecule has 1 heterocycles. The van der Waals surface area contributed by atoms with E-state index in [-0.39, 0.29) is 24.3 Å². The molecule has 0 saturated carbocycles. The van der Waals surface area contributed by atoms with Crippen LogP contribution in [-0.4, -0.2) is 33.1 Å². The van der Waals surface area contributed by atoms with E-state index in [1.807, 2.05) is 12.1 Å². The molecular weight excluding hydrogens is 374 g/mol. The molecule has 2 N–H and O–H groups in total. The highest BCUT2D eigenvalue weighted by atomic mass is 19.3. The highest BCUT2D eigenvalue weighted by molar-refractivity contribution is 5.73. The fourth-order valence-electron chi connectivity index (χ4n) is 2.68. The zero-order chi connectivity index (χ0) is 19.9. The molecule has 2 amide bonds. The van der Waals surface area contributed by atoms with Crippen molar-refractivity contribution >= 4 is 6.03 Å². The summed E-state index contributed by atoms with van der Waals surface area (Å²) < 4.78 is 44.7.